The minimum absolute atomic E-state index is 0.0787. The molecule has 174 valence electrons. The zero-order chi connectivity index (χ0) is 22.5. The summed E-state index contributed by atoms with van der Waals surface area (Å²) in [5.41, 5.74) is 1.21. The Morgan fingerprint density at radius 2 is 1.75 bits per heavy atom. The van der Waals surface area contributed by atoms with E-state index in [0.29, 0.717) is 5.92 Å². The second-order valence-electron chi connectivity index (χ2n) is 9.61. The molecule has 1 N–H and O–H groups in total. The molecule has 1 amide bonds. The lowest BCUT2D eigenvalue weighted by Gasteiger charge is -2.38. The number of benzene rings is 1. The molecule has 1 atom stereocenters. The van der Waals surface area contributed by atoms with Crippen molar-refractivity contribution in [1.82, 2.24) is 25.1 Å². The van der Waals surface area contributed by atoms with E-state index in [0.717, 1.165) is 63.6 Å². The van der Waals surface area contributed by atoms with Crippen LogP contribution in [0, 0.1) is 12.8 Å². The largest absolute Gasteiger partial charge is 0.349 e. The fourth-order valence-corrected chi connectivity index (χ4v) is 5.04. The molecule has 0 spiro atoms. The van der Waals surface area contributed by atoms with Gasteiger partial charge in [-0.1, -0.05) is 57.0 Å². The smallest absolute Gasteiger partial charge is 0.223 e. The van der Waals surface area contributed by atoms with Crippen molar-refractivity contribution in [2.45, 2.75) is 64.8 Å². The molecule has 1 saturated heterocycles. The van der Waals surface area contributed by atoms with Crippen LogP contribution in [0.25, 0.3) is 0 Å². The van der Waals surface area contributed by atoms with Gasteiger partial charge >= 0.3 is 0 Å². The number of aromatic nitrogens is 3. The van der Waals surface area contributed by atoms with E-state index in [1.165, 1.54) is 18.4 Å². The number of aryl methyl sites for hydroxylation is 1. The highest BCUT2D eigenvalue weighted by atomic mass is 16.1. The maximum absolute atomic E-state index is 12.8. The second-order valence-corrected chi connectivity index (χ2v) is 9.61. The van der Waals surface area contributed by atoms with Crippen LogP contribution >= 0.6 is 0 Å². The number of amides is 1. The third-order valence-corrected chi connectivity index (χ3v) is 6.95. The van der Waals surface area contributed by atoms with Gasteiger partial charge < -0.3 is 10.3 Å². The van der Waals surface area contributed by atoms with Gasteiger partial charge in [0.05, 0.1) is 6.04 Å². The summed E-state index contributed by atoms with van der Waals surface area (Å²) in [6.07, 6.45) is 5.38. The molecule has 32 heavy (non-hydrogen) atoms. The minimum Gasteiger partial charge on any atom is -0.349 e. The van der Waals surface area contributed by atoms with Crippen LogP contribution in [-0.4, -0.2) is 58.4 Å². The van der Waals surface area contributed by atoms with Gasteiger partial charge in [0.15, 0.2) is 5.82 Å². The molecule has 2 heterocycles. The Labute approximate surface area is 192 Å². The highest BCUT2D eigenvalue weighted by Gasteiger charge is 2.27. The minimum atomic E-state index is 0.0787. The van der Waals surface area contributed by atoms with E-state index in [1.807, 2.05) is 13.0 Å². The van der Waals surface area contributed by atoms with E-state index in [-0.39, 0.29) is 17.9 Å². The first-order valence-corrected chi connectivity index (χ1v) is 12.3. The quantitative estimate of drug-likeness (QED) is 0.684. The van der Waals surface area contributed by atoms with Gasteiger partial charge in [-0.25, -0.2) is 4.68 Å². The Bertz CT molecular complexity index is 866. The summed E-state index contributed by atoms with van der Waals surface area (Å²) < 4.78 is 2.20. The highest BCUT2D eigenvalue weighted by Crippen LogP contribution is 2.26. The summed E-state index contributed by atoms with van der Waals surface area (Å²) in [7, 11) is 0. The Morgan fingerprint density at radius 1 is 1.06 bits per heavy atom. The van der Waals surface area contributed by atoms with E-state index < -0.39 is 0 Å². The Hall–Kier alpha value is -2.41. The molecular formula is C25H38N6O. The molecule has 0 unspecified atom stereocenters. The van der Waals surface area contributed by atoms with E-state index in [2.05, 4.69) is 68.2 Å². The zero-order valence-electron chi connectivity index (χ0n) is 19.8. The summed E-state index contributed by atoms with van der Waals surface area (Å²) in [5.74, 6) is 2.79. The van der Waals surface area contributed by atoms with Crippen molar-refractivity contribution in [1.29, 1.82) is 0 Å². The average Bonchev–Trinajstić information content (AvgIpc) is 3.48. The molecule has 0 bridgehead atoms. The SMILES string of the molecule is Cc1nnc(C(C)C)n1N1CCN(CC[C@H](NC(=O)C2CCCC2)c2ccccc2)CC1. The normalized spacial score (nSPS) is 18.9. The van der Waals surface area contributed by atoms with Crippen LogP contribution in [0.5, 0.6) is 0 Å². The van der Waals surface area contributed by atoms with Gasteiger partial charge in [-0.05, 0) is 31.7 Å². The third kappa shape index (κ3) is 5.31. The van der Waals surface area contributed by atoms with Crippen molar-refractivity contribution in [2.75, 3.05) is 37.7 Å². The third-order valence-electron chi connectivity index (χ3n) is 6.95. The van der Waals surface area contributed by atoms with Gasteiger partial charge in [-0.2, -0.15) is 0 Å². The molecular weight excluding hydrogens is 400 g/mol. The summed E-state index contributed by atoms with van der Waals surface area (Å²) in [6.45, 7) is 11.3. The zero-order valence-corrected chi connectivity index (χ0v) is 19.8. The summed E-state index contributed by atoms with van der Waals surface area (Å²) in [6, 6.07) is 10.5. The number of carbonyl (C=O) groups excluding carboxylic acids is 1. The van der Waals surface area contributed by atoms with Crippen LogP contribution in [-0.2, 0) is 4.79 Å². The number of nitrogens with zero attached hydrogens (tertiary/aromatic N) is 5. The standard InChI is InChI=1S/C25H38N6O/c1-19(2)24-28-27-20(3)31(24)30-17-15-29(16-18-30)14-13-23(21-9-5-4-6-10-21)26-25(32)22-11-7-8-12-22/h4-6,9-10,19,22-23H,7-8,11-18H2,1-3H3,(H,26,32)/t23-/m0/s1. The lowest BCUT2D eigenvalue weighted by molar-refractivity contribution is -0.125. The first kappa shape index (κ1) is 22.8. The Balaban J connectivity index is 1.34. The van der Waals surface area contributed by atoms with Crippen LogP contribution in [0.2, 0.25) is 0 Å². The van der Waals surface area contributed by atoms with Crippen LogP contribution in [0.1, 0.15) is 75.1 Å². The topological polar surface area (TPSA) is 66.3 Å². The van der Waals surface area contributed by atoms with Crippen molar-refractivity contribution >= 4 is 5.91 Å². The van der Waals surface area contributed by atoms with Crippen LogP contribution in [0.4, 0.5) is 0 Å². The van der Waals surface area contributed by atoms with Gasteiger partial charge in [0.1, 0.15) is 5.82 Å². The summed E-state index contributed by atoms with van der Waals surface area (Å²) >= 11 is 0. The lowest BCUT2D eigenvalue weighted by atomic mass is 10.0. The summed E-state index contributed by atoms with van der Waals surface area (Å²) in [4.78, 5) is 15.3. The fraction of sp³-hybridized carbons (Fsp3) is 0.640. The van der Waals surface area contributed by atoms with Gasteiger partial charge in [0, 0.05) is 44.6 Å². The van der Waals surface area contributed by atoms with Crippen molar-refractivity contribution in [3.8, 4) is 0 Å². The fourth-order valence-electron chi connectivity index (χ4n) is 5.04. The molecule has 7 heteroatoms. The molecule has 2 fully saturated rings. The van der Waals surface area contributed by atoms with E-state index in [1.54, 1.807) is 0 Å². The van der Waals surface area contributed by atoms with Gasteiger partial charge in [0.2, 0.25) is 5.91 Å². The van der Waals surface area contributed by atoms with E-state index >= 15 is 0 Å². The van der Waals surface area contributed by atoms with Gasteiger partial charge in [-0.15, -0.1) is 10.2 Å². The number of piperazine rings is 1. The molecule has 1 saturated carbocycles. The van der Waals surface area contributed by atoms with Crippen molar-refractivity contribution in [3.63, 3.8) is 0 Å². The van der Waals surface area contributed by atoms with Crippen molar-refractivity contribution in [2.24, 2.45) is 5.92 Å². The molecule has 1 aromatic carbocycles. The van der Waals surface area contributed by atoms with E-state index in [9.17, 15) is 4.79 Å². The molecule has 2 aromatic rings. The molecule has 0 radical (unpaired) electrons. The molecule has 2 aliphatic rings. The predicted molar refractivity (Wildman–Crippen MR) is 127 cm³/mol. The monoisotopic (exact) mass is 438 g/mol. The van der Waals surface area contributed by atoms with Crippen LogP contribution < -0.4 is 10.3 Å². The number of hydrogen-bond donors (Lipinski definition) is 1. The number of nitrogens with one attached hydrogen (secondary N) is 1. The molecule has 1 aliphatic heterocycles. The van der Waals surface area contributed by atoms with Crippen LogP contribution in [0.15, 0.2) is 30.3 Å². The maximum atomic E-state index is 12.8. The van der Waals surface area contributed by atoms with Gasteiger partial charge in [0.25, 0.3) is 0 Å². The second kappa shape index (κ2) is 10.5. The van der Waals surface area contributed by atoms with Crippen molar-refractivity contribution in [3.05, 3.63) is 47.5 Å². The number of carbonyl (C=O) groups is 1. The Kier molecular flexibility index (Phi) is 7.45. The van der Waals surface area contributed by atoms with E-state index in [4.69, 9.17) is 0 Å². The first-order valence-electron chi connectivity index (χ1n) is 12.3. The van der Waals surface area contributed by atoms with Crippen molar-refractivity contribution < 1.29 is 4.79 Å². The average molecular weight is 439 g/mol. The molecule has 7 nitrogen and oxygen atoms in total. The van der Waals surface area contributed by atoms with Crippen LogP contribution in [0.3, 0.4) is 0 Å². The van der Waals surface area contributed by atoms with Gasteiger partial charge in [-0.3, -0.25) is 9.69 Å². The molecule has 1 aliphatic carbocycles. The molecule has 1 aromatic heterocycles. The first-order chi connectivity index (χ1) is 15.5. The molecule has 4 rings (SSSR count). The number of hydrogen-bond acceptors (Lipinski definition) is 5. The lowest BCUT2D eigenvalue weighted by Crippen LogP contribution is -2.52. The Morgan fingerprint density at radius 3 is 2.41 bits per heavy atom. The maximum Gasteiger partial charge on any atom is 0.223 e. The highest BCUT2D eigenvalue weighted by molar-refractivity contribution is 5.79. The number of rotatable bonds is 8. The predicted octanol–water partition coefficient (Wildman–Crippen LogP) is 3.40. The summed E-state index contributed by atoms with van der Waals surface area (Å²) in [5, 5.41) is 14.4.